The Morgan fingerprint density at radius 1 is 1.27 bits per heavy atom. The highest BCUT2D eigenvalue weighted by Crippen LogP contribution is 2.24. The molecule has 0 radical (unpaired) electrons. The third-order valence-corrected chi connectivity index (χ3v) is 3.22. The number of nitro benzene ring substituents is 1. The molecule has 0 aliphatic carbocycles. The van der Waals surface area contributed by atoms with Gasteiger partial charge in [0.05, 0.1) is 16.6 Å². The second kappa shape index (κ2) is 6.70. The van der Waals surface area contributed by atoms with Crippen LogP contribution in [-0.2, 0) is 13.1 Å². The number of hydrogen-bond donors (Lipinski definition) is 1. The largest absolute Gasteiger partial charge is 0.508 e. The van der Waals surface area contributed by atoms with Gasteiger partial charge < -0.3 is 5.11 Å². The average Bonchev–Trinajstić information content (AvgIpc) is 2.49. The predicted molar refractivity (Wildman–Crippen MR) is 81.1 cm³/mol. The van der Waals surface area contributed by atoms with Crippen molar-refractivity contribution in [2.75, 3.05) is 7.05 Å². The molecule has 0 fully saturated rings. The molecule has 2 aromatic rings. The lowest BCUT2D eigenvalue weighted by atomic mass is 10.1. The maximum absolute atomic E-state index is 10.8. The molecular formula is C16H15N3O3. The molecule has 6 nitrogen and oxygen atoms in total. The average molecular weight is 297 g/mol. The van der Waals surface area contributed by atoms with Crippen LogP contribution < -0.4 is 0 Å². The van der Waals surface area contributed by atoms with Gasteiger partial charge in [-0.2, -0.15) is 5.26 Å². The zero-order valence-electron chi connectivity index (χ0n) is 12.1. The Kier molecular flexibility index (Phi) is 4.71. The first kappa shape index (κ1) is 15.5. The first-order chi connectivity index (χ1) is 10.5. The monoisotopic (exact) mass is 297 g/mol. The minimum absolute atomic E-state index is 0.0308. The molecular weight excluding hydrogens is 282 g/mol. The summed E-state index contributed by atoms with van der Waals surface area (Å²) in [6.45, 7) is 0.932. The lowest BCUT2D eigenvalue weighted by Gasteiger charge is -2.17. The molecule has 0 amide bonds. The maximum Gasteiger partial charge on any atom is 0.270 e. The van der Waals surface area contributed by atoms with E-state index >= 15 is 0 Å². The number of phenols is 1. The van der Waals surface area contributed by atoms with E-state index in [0.29, 0.717) is 24.2 Å². The molecule has 2 rings (SSSR count). The molecule has 0 bridgehead atoms. The van der Waals surface area contributed by atoms with Crippen molar-refractivity contribution in [1.82, 2.24) is 4.90 Å². The molecule has 0 aliphatic rings. The second-order valence-electron chi connectivity index (χ2n) is 5.05. The van der Waals surface area contributed by atoms with E-state index in [-0.39, 0.29) is 11.4 Å². The van der Waals surface area contributed by atoms with E-state index in [0.717, 1.165) is 5.56 Å². The van der Waals surface area contributed by atoms with Crippen LogP contribution in [0.2, 0.25) is 0 Å². The van der Waals surface area contributed by atoms with Crippen molar-refractivity contribution in [3.05, 3.63) is 69.3 Å². The number of aromatic hydroxyl groups is 1. The zero-order valence-corrected chi connectivity index (χ0v) is 12.1. The van der Waals surface area contributed by atoms with Crippen LogP contribution in [0.4, 0.5) is 5.69 Å². The fourth-order valence-corrected chi connectivity index (χ4v) is 2.21. The molecule has 0 atom stereocenters. The van der Waals surface area contributed by atoms with Gasteiger partial charge in [0, 0.05) is 30.8 Å². The van der Waals surface area contributed by atoms with Crippen molar-refractivity contribution in [1.29, 1.82) is 5.26 Å². The van der Waals surface area contributed by atoms with E-state index < -0.39 is 4.92 Å². The van der Waals surface area contributed by atoms with Crippen LogP contribution in [-0.4, -0.2) is 22.0 Å². The van der Waals surface area contributed by atoms with Gasteiger partial charge in [0.15, 0.2) is 0 Å². The number of non-ortho nitro benzene ring substituents is 1. The van der Waals surface area contributed by atoms with Crippen LogP contribution in [0, 0.1) is 21.4 Å². The Hall–Kier alpha value is -2.91. The Labute approximate surface area is 128 Å². The Morgan fingerprint density at radius 2 is 2.05 bits per heavy atom. The van der Waals surface area contributed by atoms with Gasteiger partial charge in [-0.25, -0.2) is 0 Å². The number of benzene rings is 2. The summed E-state index contributed by atoms with van der Waals surface area (Å²) in [6, 6.07) is 13.3. The van der Waals surface area contributed by atoms with Gasteiger partial charge in [0.1, 0.15) is 5.75 Å². The van der Waals surface area contributed by atoms with Gasteiger partial charge in [0.25, 0.3) is 5.69 Å². The van der Waals surface area contributed by atoms with Crippen molar-refractivity contribution >= 4 is 5.69 Å². The Balaban J connectivity index is 2.11. The number of rotatable bonds is 5. The van der Waals surface area contributed by atoms with Gasteiger partial charge in [-0.15, -0.1) is 0 Å². The first-order valence-corrected chi connectivity index (χ1v) is 6.63. The zero-order chi connectivity index (χ0) is 16.1. The van der Waals surface area contributed by atoms with Crippen LogP contribution in [0.25, 0.3) is 0 Å². The van der Waals surface area contributed by atoms with Crippen molar-refractivity contribution in [2.45, 2.75) is 13.1 Å². The predicted octanol–water partition coefficient (Wildman–Crippen LogP) is 2.80. The van der Waals surface area contributed by atoms with E-state index in [2.05, 4.69) is 6.07 Å². The van der Waals surface area contributed by atoms with E-state index in [1.165, 1.54) is 18.2 Å². The van der Waals surface area contributed by atoms with E-state index in [9.17, 15) is 15.2 Å². The molecule has 0 aliphatic heterocycles. The van der Waals surface area contributed by atoms with E-state index in [1.807, 2.05) is 24.1 Å². The molecule has 112 valence electrons. The summed E-state index contributed by atoms with van der Waals surface area (Å²) in [5.41, 5.74) is 2.00. The summed E-state index contributed by atoms with van der Waals surface area (Å²) in [6.07, 6.45) is 0. The van der Waals surface area contributed by atoms with Crippen LogP contribution >= 0.6 is 0 Å². The van der Waals surface area contributed by atoms with Crippen molar-refractivity contribution in [2.24, 2.45) is 0 Å². The van der Waals surface area contributed by atoms with Crippen LogP contribution in [0.1, 0.15) is 16.7 Å². The molecule has 0 unspecified atom stereocenters. The summed E-state index contributed by atoms with van der Waals surface area (Å²) in [4.78, 5) is 12.2. The number of nitrogens with zero attached hydrogens (tertiary/aromatic N) is 3. The van der Waals surface area contributed by atoms with E-state index in [1.54, 1.807) is 12.1 Å². The minimum atomic E-state index is -0.487. The van der Waals surface area contributed by atoms with E-state index in [4.69, 9.17) is 5.26 Å². The van der Waals surface area contributed by atoms with Crippen molar-refractivity contribution in [3.63, 3.8) is 0 Å². The van der Waals surface area contributed by atoms with Crippen LogP contribution in [0.5, 0.6) is 5.75 Å². The van der Waals surface area contributed by atoms with Gasteiger partial charge in [-0.05, 0) is 30.8 Å². The first-order valence-electron chi connectivity index (χ1n) is 6.63. The van der Waals surface area contributed by atoms with Crippen LogP contribution in [0.3, 0.4) is 0 Å². The molecule has 0 aromatic heterocycles. The maximum atomic E-state index is 10.8. The van der Waals surface area contributed by atoms with Gasteiger partial charge in [0.2, 0.25) is 0 Å². The third kappa shape index (κ3) is 3.81. The SMILES string of the molecule is CN(Cc1cccc(C#N)c1)Cc1cc([N+](=O)[O-])ccc1O. The van der Waals surface area contributed by atoms with Gasteiger partial charge >= 0.3 is 0 Å². The quantitative estimate of drug-likeness (QED) is 0.677. The number of hydrogen-bond acceptors (Lipinski definition) is 5. The Morgan fingerprint density at radius 3 is 2.73 bits per heavy atom. The fraction of sp³-hybridized carbons (Fsp3) is 0.188. The summed E-state index contributed by atoms with van der Waals surface area (Å²) in [7, 11) is 1.84. The van der Waals surface area contributed by atoms with Gasteiger partial charge in [-0.1, -0.05) is 12.1 Å². The molecule has 6 heteroatoms. The van der Waals surface area contributed by atoms with Gasteiger partial charge in [-0.3, -0.25) is 15.0 Å². The molecule has 1 N–H and O–H groups in total. The number of nitro groups is 1. The number of phenolic OH excluding ortho intramolecular Hbond substituents is 1. The molecule has 0 saturated carbocycles. The second-order valence-corrected chi connectivity index (χ2v) is 5.05. The summed E-state index contributed by atoms with van der Waals surface area (Å²) in [5, 5.41) is 29.5. The lowest BCUT2D eigenvalue weighted by molar-refractivity contribution is -0.385. The highest BCUT2D eigenvalue weighted by atomic mass is 16.6. The molecule has 0 heterocycles. The highest BCUT2D eigenvalue weighted by molar-refractivity contribution is 5.43. The number of nitriles is 1. The minimum Gasteiger partial charge on any atom is -0.508 e. The van der Waals surface area contributed by atoms with Crippen molar-refractivity contribution in [3.8, 4) is 11.8 Å². The van der Waals surface area contributed by atoms with Crippen LogP contribution in [0.15, 0.2) is 42.5 Å². The lowest BCUT2D eigenvalue weighted by Crippen LogP contribution is -2.17. The normalized spacial score (nSPS) is 10.4. The molecule has 2 aromatic carbocycles. The molecule has 0 spiro atoms. The highest BCUT2D eigenvalue weighted by Gasteiger charge is 2.12. The summed E-state index contributed by atoms with van der Waals surface area (Å²) in [5.74, 6) is 0.0308. The molecule has 22 heavy (non-hydrogen) atoms. The summed E-state index contributed by atoms with van der Waals surface area (Å²) < 4.78 is 0. The summed E-state index contributed by atoms with van der Waals surface area (Å²) >= 11 is 0. The third-order valence-electron chi connectivity index (χ3n) is 3.22. The Bertz CT molecular complexity index is 738. The molecule has 0 saturated heterocycles. The standard InChI is InChI=1S/C16H15N3O3/c1-18(10-13-4-2-3-12(7-13)9-17)11-14-8-15(19(21)22)5-6-16(14)20/h2-8,20H,10-11H2,1H3. The van der Waals surface area contributed by atoms with Crippen molar-refractivity contribution < 1.29 is 10.0 Å². The topological polar surface area (TPSA) is 90.4 Å². The fourth-order valence-electron chi connectivity index (χ4n) is 2.21. The smallest absolute Gasteiger partial charge is 0.270 e.